The summed E-state index contributed by atoms with van der Waals surface area (Å²) in [5.41, 5.74) is 1.41. The number of hydrogen-bond acceptors (Lipinski definition) is 7. The molecule has 1 aliphatic carbocycles. The molecule has 1 saturated carbocycles. The normalized spacial score (nSPS) is 20.1. The van der Waals surface area contributed by atoms with Crippen LogP contribution in [0.2, 0.25) is 0 Å². The molecule has 3 fully saturated rings. The summed E-state index contributed by atoms with van der Waals surface area (Å²) < 4.78 is 7.73. The fourth-order valence-electron chi connectivity index (χ4n) is 6.91. The fraction of sp³-hybridized carbons (Fsp3) is 0.472. The topological polar surface area (TPSA) is 146 Å². The highest BCUT2D eigenvalue weighted by Gasteiger charge is 2.60. The minimum absolute atomic E-state index is 0.0194. The van der Waals surface area contributed by atoms with Gasteiger partial charge in [0.2, 0.25) is 17.7 Å². The number of likely N-dealkylation sites (tertiary alicyclic amines) is 2. The highest BCUT2D eigenvalue weighted by molar-refractivity contribution is 5.95. The summed E-state index contributed by atoms with van der Waals surface area (Å²) in [6.07, 6.45) is 4.53. The van der Waals surface area contributed by atoms with Crippen LogP contribution >= 0.6 is 0 Å². The minimum atomic E-state index is -0.971. The molecule has 254 valence electrons. The van der Waals surface area contributed by atoms with Crippen molar-refractivity contribution in [2.75, 3.05) is 39.8 Å². The Kier molecular flexibility index (Phi) is 9.66. The number of nitrogens with one attached hydrogen (secondary N) is 2. The van der Waals surface area contributed by atoms with Crippen molar-refractivity contribution in [3.05, 3.63) is 89.7 Å². The van der Waals surface area contributed by atoms with Gasteiger partial charge in [0.15, 0.2) is 0 Å². The van der Waals surface area contributed by atoms with Crippen LogP contribution in [0.15, 0.2) is 73.1 Å². The van der Waals surface area contributed by atoms with Crippen LogP contribution in [0.5, 0.6) is 0 Å². The summed E-state index contributed by atoms with van der Waals surface area (Å²) in [5, 5.41) is 19.7. The summed E-state index contributed by atoms with van der Waals surface area (Å²) in [5.74, 6) is -1.71. The maximum Gasteiger partial charge on any atom is 0.257 e. The van der Waals surface area contributed by atoms with Crippen molar-refractivity contribution >= 4 is 23.6 Å². The predicted molar refractivity (Wildman–Crippen MR) is 176 cm³/mol. The van der Waals surface area contributed by atoms with E-state index in [9.17, 15) is 24.3 Å². The van der Waals surface area contributed by atoms with Gasteiger partial charge in [-0.3, -0.25) is 23.9 Å². The highest BCUT2D eigenvalue weighted by Crippen LogP contribution is 2.50. The molecule has 3 atom stereocenters. The Hall–Kier alpha value is -4.55. The minimum Gasteiger partial charge on any atom is -0.396 e. The molecule has 3 N–H and O–H groups in total. The van der Waals surface area contributed by atoms with Gasteiger partial charge in [-0.15, -0.1) is 0 Å². The molecule has 1 aromatic heterocycles. The third-order valence-corrected chi connectivity index (χ3v) is 10.2. The number of ether oxygens (including phenoxy) is 1. The lowest BCUT2D eigenvalue weighted by molar-refractivity contribution is -0.152. The molecule has 0 bridgehead atoms. The molecule has 2 aromatic carbocycles. The SMILES string of the molecule is CNC(=O)[C@@H](NC(=O)[C@@H]1CN(C(=O)c2cnn(Cc3ccccc3)c2)CC12CN(C(=O)CC1(CO)CC1)C2)[C@@H](C)OCc1ccccc1. The number of nitrogens with zero attached hydrogens (tertiary/aromatic N) is 4. The Balaban J connectivity index is 1.17. The summed E-state index contributed by atoms with van der Waals surface area (Å²) >= 11 is 0. The van der Waals surface area contributed by atoms with Crippen LogP contribution in [0.4, 0.5) is 0 Å². The average molecular weight is 657 g/mol. The molecule has 2 aliphatic heterocycles. The number of amides is 4. The van der Waals surface area contributed by atoms with E-state index in [4.69, 9.17) is 4.74 Å². The molecule has 1 spiro atoms. The number of likely N-dealkylation sites (N-methyl/N-ethyl adjacent to an activating group) is 1. The van der Waals surface area contributed by atoms with Crippen LogP contribution in [-0.4, -0.2) is 100 Å². The first-order valence-corrected chi connectivity index (χ1v) is 16.6. The molecule has 3 aromatic rings. The molecule has 3 heterocycles. The number of aliphatic hydroxyl groups is 1. The van der Waals surface area contributed by atoms with E-state index in [-0.39, 0.29) is 61.8 Å². The summed E-state index contributed by atoms with van der Waals surface area (Å²) in [6, 6.07) is 18.4. The maximum atomic E-state index is 14.1. The van der Waals surface area contributed by atoms with Crippen LogP contribution in [0.25, 0.3) is 0 Å². The Morgan fingerprint density at radius 2 is 1.62 bits per heavy atom. The van der Waals surface area contributed by atoms with Crippen LogP contribution in [0.3, 0.4) is 0 Å². The Morgan fingerprint density at radius 1 is 0.979 bits per heavy atom. The number of rotatable bonds is 13. The first-order valence-electron chi connectivity index (χ1n) is 16.6. The third-order valence-electron chi connectivity index (χ3n) is 10.2. The first kappa shape index (κ1) is 33.4. The molecule has 6 rings (SSSR count). The van der Waals surface area contributed by atoms with Crippen LogP contribution < -0.4 is 10.6 Å². The van der Waals surface area contributed by atoms with Crippen LogP contribution in [0, 0.1) is 16.7 Å². The van der Waals surface area contributed by atoms with E-state index in [0.29, 0.717) is 25.2 Å². The fourth-order valence-corrected chi connectivity index (χ4v) is 6.91. The lowest BCUT2D eigenvalue weighted by Crippen LogP contribution is -2.65. The van der Waals surface area contributed by atoms with Crippen molar-refractivity contribution in [2.45, 2.75) is 51.5 Å². The molecule has 0 unspecified atom stereocenters. The number of aromatic nitrogens is 2. The highest BCUT2D eigenvalue weighted by atomic mass is 16.5. The molecule has 48 heavy (non-hydrogen) atoms. The van der Waals surface area contributed by atoms with E-state index in [0.717, 1.165) is 24.0 Å². The van der Waals surface area contributed by atoms with E-state index in [1.807, 2.05) is 60.7 Å². The number of carbonyl (C=O) groups is 4. The number of hydrogen-bond donors (Lipinski definition) is 3. The Labute approximate surface area is 280 Å². The van der Waals surface area contributed by atoms with Crippen molar-refractivity contribution in [1.82, 2.24) is 30.2 Å². The van der Waals surface area contributed by atoms with Gasteiger partial charge in [0.05, 0.1) is 36.9 Å². The monoisotopic (exact) mass is 656 g/mol. The molecule has 2 saturated heterocycles. The van der Waals surface area contributed by atoms with Crippen molar-refractivity contribution in [3.8, 4) is 0 Å². The van der Waals surface area contributed by atoms with Gasteiger partial charge in [-0.05, 0) is 30.9 Å². The zero-order valence-corrected chi connectivity index (χ0v) is 27.5. The lowest BCUT2D eigenvalue weighted by atomic mass is 9.70. The van der Waals surface area contributed by atoms with E-state index < -0.39 is 23.5 Å². The summed E-state index contributed by atoms with van der Waals surface area (Å²) in [6.45, 7) is 3.56. The van der Waals surface area contributed by atoms with Crippen molar-refractivity contribution in [2.24, 2.45) is 16.7 Å². The van der Waals surface area contributed by atoms with E-state index in [2.05, 4.69) is 15.7 Å². The first-order chi connectivity index (χ1) is 23.1. The van der Waals surface area contributed by atoms with Gasteiger partial charge >= 0.3 is 0 Å². The van der Waals surface area contributed by atoms with Gasteiger partial charge in [0.1, 0.15) is 6.04 Å². The standard InChI is InChI=1S/C36H44N6O6/c1-25(48-20-27-11-7-4-8-12-27)31(33(46)37-2)39-32(45)29-19-40(21-36(29)22-41(23-36)30(44)15-35(24-43)13-14-35)34(47)28-16-38-42(18-28)17-26-9-5-3-6-10-26/h3-12,16,18,25,29,31,43H,13-15,17,19-24H2,1-2H3,(H,37,46)(H,39,45)/t25-,29+,31+/m1/s1. The van der Waals surface area contributed by atoms with Crippen molar-refractivity contribution in [3.63, 3.8) is 0 Å². The van der Waals surface area contributed by atoms with Crippen LogP contribution in [-0.2, 0) is 32.3 Å². The van der Waals surface area contributed by atoms with E-state index in [1.165, 1.54) is 7.05 Å². The van der Waals surface area contributed by atoms with E-state index >= 15 is 0 Å². The average Bonchev–Trinajstić information content (AvgIpc) is 3.50. The van der Waals surface area contributed by atoms with Gasteiger partial charge in [0, 0.05) is 63.3 Å². The van der Waals surface area contributed by atoms with Gasteiger partial charge in [-0.1, -0.05) is 60.7 Å². The van der Waals surface area contributed by atoms with Gasteiger partial charge < -0.3 is 30.3 Å². The van der Waals surface area contributed by atoms with Crippen LogP contribution in [0.1, 0.15) is 47.7 Å². The molecular formula is C36H44N6O6. The van der Waals surface area contributed by atoms with Crippen molar-refractivity contribution < 1.29 is 29.0 Å². The smallest absolute Gasteiger partial charge is 0.257 e. The van der Waals surface area contributed by atoms with Crippen molar-refractivity contribution in [1.29, 1.82) is 0 Å². The number of benzene rings is 2. The van der Waals surface area contributed by atoms with Gasteiger partial charge in [-0.2, -0.15) is 5.10 Å². The molecular weight excluding hydrogens is 612 g/mol. The second-order valence-electron chi connectivity index (χ2n) is 13.7. The molecule has 3 aliphatic rings. The second kappa shape index (κ2) is 13.9. The number of aliphatic hydroxyl groups excluding tert-OH is 1. The molecule has 12 heteroatoms. The zero-order valence-electron chi connectivity index (χ0n) is 27.5. The summed E-state index contributed by atoms with van der Waals surface area (Å²) in [7, 11) is 1.51. The Morgan fingerprint density at radius 3 is 2.25 bits per heavy atom. The third kappa shape index (κ3) is 7.14. The van der Waals surface area contributed by atoms with Gasteiger partial charge in [-0.25, -0.2) is 0 Å². The Bertz CT molecular complexity index is 1620. The maximum absolute atomic E-state index is 14.1. The predicted octanol–water partition coefficient (Wildman–Crippen LogP) is 1.83. The molecule has 12 nitrogen and oxygen atoms in total. The quantitative estimate of drug-likeness (QED) is 0.255. The zero-order chi connectivity index (χ0) is 33.9. The molecule has 4 amide bonds. The largest absolute Gasteiger partial charge is 0.396 e. The lowest BCUT2D eigenvalue weighted by Gasteiger charge is -2.50. The molecule has 0 radical (unpaired) electrons. The second-order valence-corrected chi connectivity index (χ2v) is 13.7. The van der Waals surface area contributed by atoms with Gasteiger partial charge in [0.25, 0.3) is 5.91 Å². The number of carbonyl (C=O) groups excluding carboxylic acids is 4. The van der Waals surface area contributed by atoms with E-state index in [1.54, 1.807) is 33.8 Å². The summed E-state index contributed by atoms with van der Waals surface area (Å²) in [4.78, 5) is 57.5.